The van der Waals surface area contributed by atoms with Gasteiger partial charge < -0.3 is 20.2 Å². The van der Waals surface area contributed by atoms with Crippen LogP contribution in [0.4, 0.5) is 18.9 Å². The van der Waals surface area contributed by atoms with Gasteiger partial charge in [0.15, 0.2) is 6.10 Å². The number of ether oxygens (including phenoxy) is 2. The standard InChI is InChI=1S/C19H19F3N2O5/c1-8-14(18(27)28-4)9(2)24-15(8)16(25)10(3)29-17(26)12-6-5-11(7-13(12)23)19(20,21)22/h5-7,10,24H,23H2,1-4H3/t10-/m1/s1. The molecule has 2 aromatic rings. The number of esters is 2. The zero-order valence-corrected chi connectivity index (χ0v) is 16.1. The smallest absolute Gasteiger partial charge is 0.416 e. The number of aromatic nitrogens is 1. The zero-order valence-electron chi connectivity index (χ0n) is 16.1. The molecular formula is C19H19F3N2O5. The third-order valence-electron chi connectivity index (χ3n) is 4.33. The van der Waals surface area contributed by atoms with E-state index in [0.29, 0.717) is 23.4 Å². The van der Waals surface area contributed by atoms with Gasteiger partial charge >= 0.3 is 18.1 Å². The Bertz CT molecular complexity index is 979. The maximum Gasteiger partial charge on any atom is 0.416 e. The summed E-state index contributed by atoms with van der Waals surface area (Å²) in [4.78, 5) is 39.5. The van der Waals surface area contributed by atoms with Crippen molar-refractivity contribution >= 4 is 23.4 Å². The number of nitrogen functional groups attached to an aromatic ring is 1. The Hall–Kier alpha value is -3.30. The van der Waals surface area contributed by atoms with E-state index in [1.807, 2.05) is 0 Å². The lowest BCUT2D eigenvalue weighted by atomic mass is 10.1. The van der Waals surface area contributed by atoms with Crippen molar-refractivity contribution in [2.45, 2.75) is 33.1 Å². The van der Waals surface area contributed by atoms with Crippen molar-refractivity contribution < 1.29 is 37.0 Å². The Balaban J connectivity index is 2.22. The number of benzene rings is 1. The monoisotopic (exact) mass is 412 g/mol. The van der Waals surface area contributed by atoms with E-state index in [0.717, 1.165) is 6.07 Å². The average Bonchev–Trinajstić information content (AvgIpc) is 2.93. The van der Waals surface area contributed by atoms with Crippen LogP contribution in [-0.4, -0.2) is 35.9 Å². The summed E-state index contributed by atoms with van der Waals surface area (Å²) in [6.07, 6.45) is -5.90. The summed E-state index contributed by atoms with van der Waals surface area (Å²) in [6, 6.07) is 2.20. The van der Waals surface area contributed by atoms with Crippen LogP contribution in [-0.2, 0) is 15.7 Å². The topological polar surface area (TPSA) is 111 Å². The number of Topliss-reactive ketones (excluding diaryl/α,β-unsaturated/α-hetero) is 1. The van der Waals surface area contributed by atoms with Crippen LogP contribution >= 0.6 is 0 Å². The summed E-state index contributed by atoms with van der Waals surface area (Å²) in [6.45, 7) is 4.41. The second-order valence-corrected chi connectivity index (χ2v) is 6.33. The summed E-state index contributed by atoms with van der Waals surface area (Å²) in [5.74, 6) is -2.30. The van der Waals surface area contributed by atoms with E-state index < -0.39 is 41.3 Å². The molecule has 0 unspecified atom stereocenters. The van der Waals surface area contributed by atoms with Gasteiger partial charge in [-0.2, -0.15) is 13.2 Å². The molecule has 156 valence electrons. The number of methoxy groups -OCH3 is 1. The number of aromatic amines is 1. The van der Waals surface area contributed by atoms with Crippen molar-refractivity contribution in [1.29, 1.82) is 0 Å². The summed E-state index contributed by atoms with van der Waals surface area (Å²) in [7, 11) is 1.20. The van der Waals surface area contributed by atoms with Crippen LogP contribution in [0.15, 0.2) is 18.2 Å². The molecule has 0 aliphatic rings. The molecular weight excluding hydrogens is 393 g/mol. The van der Waals surface area contributed by atoms with Crippen molar-refractivity contribution in [3.63, 3.8) is 0 Å². The lowest BCUT2D eigenvalue weighted by molar-refractivity contribution is -0.137. The minimum Gasteiger partial charge on any atom is -0.465 e. The number of ketones is 1. The molecule has 0 amide bonds. The number of rotatable bonds is 5. The minimum atomic E-state index is -4.61. The van der Waals surface area contributed by atoms with E-state index in [1.165, 1.54) is 21.0 Å². The molecule has 10 heteroatoms. The van der Waals surface area contributed by atoms with Crippen molar-refractivity contribution in [2.24, 2.45) is 0 Å². The molecule has 7 nitrogen and oxygen atoms in total. The van der Waals surface area contributed by atoms with E-state index in [-0.39, 0.29) is 16.8 Å². The SMILES string of the molecule is COC(=O)c1c(C)[nH]c(C(=O)[C@@H](C)OC(=O)c2ccc(C(F)(F)F)cc2N)c1C. The number of anilines is 1. The van der Waals surface area contributed by atoms with Gasteiger partial charge in [-0.15, -0.1) is 0 Å². The first kappa shape index (κ1) is 22.0. The number of nitrogens with two attached hydrogens (primary N) is 1. The molecule has 1 heterocycles. The fourth-order valence-electron chi connectivity index (χ4n) is 2.81. The third-order valence-corrected chi connectivity index (χ3v) is 4.33. The summed E-state index contributed by atoms with van der Waals surface area (Å²) in [5.41, 5.74) is 4.79. The molecule has 1 aromatic carbocycles. The Morgan fingerprint density at radius 2 is 1.76 bits per heavy atom. The lowest BCUT2D eigenvalue weighted by Crippen LogP contribution is -2.26. The van der Waals surface area contributed by atoms with Crippen LogP contribution in [0, 0.1) is 13.8 Å². The number of hydrogen-bond donors (Lipinski definition) is 2. The van der Waals surface area contributed by atoms with Gasteiger partial charge in [0.2, 0.25) is 5.78 Å². The molecule has 0 bridgehead atoms. The number of hydrogen-bond acceptors (Lipinski definition) is 6. The Morgan fingerprint density at radius 1 is 1.14 bits per heavy atom. The normalized spacial score (nSPS) is 12.4. The molecule has 0 fully saturated rings. The molecule has 0 spiro atoms. The van der Waals surface area contributed by atoms with Crippen LogP contribution < -0.4 is 5.73 Å². The highest BCUT2D eigenvalue weighted by Gasteiger charge is 2.32. The number of H-pyrrole nitrogens is 1. The van der Waals surface area contributed by atoms with Crippen LogP contribution in [0.1, 0.15) is 54.9 Å². The van der Waals surface area contributed by atoms with Gasteiger partial charge in [0.1, 0.15) is 0 Å². The quantitative estimate of drug-likeness (QED) is 0.442. The maximum atomic E-state index is 12.7. The molecule has 0 saturated heterocycles. The van der Waals surface area contributed by atoms with E-state index in [2.05, 4.69) is 9.72 Å². The number of carbonyl (C=O) groups is 3. The number of alkyl halides is 3. The molecule has 0 saturated carbocycles. The highest BCUT2D eigenvalue weighted by Crippen LogP contribution is 2.31. The molecule has 1 aromatic heterocycles. The number of aryl methyl sites for hydroxylation is 1. The molecule has 29 heavy (non-hydrogen) atoms. The summed E-state index contributed by atoms with van der Waals surface area (Å²) < 4.78 is 47.9. The van der Waals surface area contributed by atoms with E-state index in [4.69, 9.17) is 10.5 Å². The highest BCUT2D eigenvalue weighted by atomic mass is 19.4. The molecule has 0 radical (unpaired) electrons. The van der Waals surface area contributed by atoms with Gasteiger partial charge in [0.25, 0.3) is 0 Å². The highest BCUT2D eigenvalue weighted by molar-refractivity contribution is 6.05. The molecule has 3 N–H and O–H groups in total. The fraction of sp³-hybridized carbons (Fsp3) is 0.316. The predicted octanol–water partition coefficient (Wildman–Crippen LogP) is 3.45. The van der Waals surface area contributed by atoms with Crippen LogP contribution in [0.25, 0.3) is 0 Å². The number of halogens is 3. The molecule has 0 aliphatic carbocycles. The fourth-order valence-corrected chi connectivity index (χ4v) is 2.81. The second-order valence-electron chi connectivity index (χ2n) is 6.33. The maximum absolute atomic E-state index is 12.7. The van der Waals surface area contributed by atoms with Gasteiger partial charge in [-0.3, -0.25) is 4.79 Å². The minimum absolute atomic E-state index is 0.0589. The Kier molecular flexibility index (Phi) is 6.05. The van der Waals surface area contributed by atoms with Gasteiger partial charge in [0.05, 0.1) is 29.5 Å². The third kappa shape index (κ3) is 4.41. The van der Waals surface area contributed by atoms with Crippen molar-refractivity contribution in [3.05, 3.63) is 51.8 Å². The molecule has 2 rings (SSSR count). The van der Waals surface area contributed by atoms with Crippen molar-refractivity contribution in [1.82, 2.24) is 4.98 Å². The largest absolute Gasteiger partial charge is 0.465 e. The van der Waals surface area contributed by atoms with Gasteiger partial charge in [0, 0.05) is 11.4 Å². The van der Waals surface area contributed by atoms with Crippen LogP contribution in [0.2, 0.25) is 0 Å². The summed E-state index contributed by atoms with van der Waals surface area (Å²) >= 11 is 0. The Morgan fingerprint density at radius 3 is 2.28 bits per heavy atom. The van der Waals surface area contributed by atoms with Crippen molar-refractivity contribution in [2.75, 3.05) is 12.8 Å². The van der Waals surface area contributed by atoms with Crippen LogP contribution in [0.3, 0.4) is 0 Å². The van der Waals surface area contributed by atoms with E-state index >= 15 is 0 Å². The summed E-state index contributed by atoms with van der Waals surface area (Å²) in [5, 5.41) is 0. The van der Waals surface area contributed by atoms with E-state index in [1.54, 1.807) is 6.92 Å². The first-order valence-corrected chi connectivity index (χ1v) is 8.37. The van der Waals surface area contributed by atoms with Crippen molar-refractivity contribution in [3.8, 4) is 0 Å². The second kappa shape index (κ2) is 7.98. The predicted molar refractivity (Wildman–Crippen MR) is 96.7 cm³/mol. The average molecular weight is 412 g/mol. The van der Waals surface area contributed by atoms with Gasteiger partial charge in [-0.25, -0.2) is 9.59 Å². The molecule has 1 atom stereocenters. The molecule has 0 aliphatic heterocycles. The number of carbonyl (C=O) groups excluding carboxylic acids is 3. The lowest BCUT2D eigenvalue weighted by Gasteiger charge is -2.14. The van der Waals surface area contributed by atoms with Gasteiger partial charge in [-0.1, -0.05) is 0 Å². The first-order chi connectivity index (χ1) is 13.4. The Labute approximate surface area is 164 Å². The van der Waals surface area contributed by atoms with Crippen LogP contribution in [0.5, 0.6) is 0 Å². The van der Waals surface area contributed by atoms with E-state index in [9.17, 15) is 27.6 Å². The van der Waals surface area contributed by atoms with Gasteiger partial charge in [-0.05, 0) is 44.5 Å². The first-order valence-electron chi connectivity index (χ1n) is 8.37. The number of nitrogens with one attached hydrogen (secondary N) is 1. The zero-order chi connectivity index (χ0) is 22.1.